The third-order valence-electron chi connectivity index (χ3n) is 6.71. The summed E-state index contributed by atoms with van der Waals surface area (Å²) in [5, 5.41) is 8.32. The first-order chi connectivity index (χ1) is 20.3. The topological polar surface area (TPSA) is 120 Å². The van der Waals surface area contributed by atoms with E-state index in [0.717, 1.165) is 11.3 Å². The minimum Gasteiger partial charge on any atom is -0.381 e. The predicted molar refractivity (Wildman–Crippen MR) is 166 cm³/mol. The molecular weight excluding hydrogens is 526 g/mol. The molecule has 3 aromatic heterocycles. The number of nitrogens with one attached hydrogen (secondary N) is 1. The van der Waals surface area contributed by atoms with E-state index < -0.39 is 11.9 Å². The molecule has 3 N–H and O–H groups in total. The summed E-state index contributed by atoms with van der Waals surface area (Å²) in [6, 6.07) is 19.9. The molecule has 1 atom stereocenters. The van der Waals surface area contributed by atoms with Gasteiger partial charge in [0.15, 0.2) is 11.6 Å². The number of aliphatic imine (C=N–C) groups is 1. The van der Waals surface area contributed by atoms with Gasteiger partial charge in [-0.3, -0.25) is 19.1 Å². The first kappa shape index (κ1) is 27.8. The van der Waals surface area contributed by atoms with Gasteiger partial charge in [0, 0.05) is 47.7 Å². The van der Waals surface area contributed by atoms with Crippen molar-refractivity contribution in [1.82, 2.24) is 24.6 Å². The van der Waals surface area contributed by atoms with Gasteiger partial charge in [0.1, 0.15) is 5.56 Å². The van der Waals surface area contributed by atoms with Gasteiger partial charge in [-0.2, -0.15) is 5.10 Å². The SMILES string of the molecule is C=C/C=N\c1c(C(=O)NC(C)c2cc3cccc(C#Cc4ccc(C)nc4)c3c(=O)n2-c2ccccc2)c(N)nn1C. The van der Waals surface area contributed by atoms with Crippen LogP contribution in [0.25, 0.3) is 16.5 Å². The second-order valence-electron chi connectivity index (χ2n) is 9.67. The average molecular weight is 556 g/mol. The van der Waals surface area contributed by atoms with Crippen LogP contribution in [0.5, 0.6) is 0 Å². The molecule has 3 heterocycles. The fourth-order valence-corrected chi connectivity index (χ4v) is 4.70. The summed E-state index contributed by atoms with van der Waals surface area (Å²) in [4.78, 5) is 36.3. The first-order valence-corrected chi connectivity index (χ1v) is 13.3. The van der Waals surface area contributed by atoms with Gasteiger partial charge in [-0.25, -0.2) is 9.67 Å². The standard InChI is InChI=1S/C33H29N7O2/c1-5-18-35-31-29(30(34)38-39(31)4)32(41)37-22(3)27-19-25-11-9-10-24(17-16-23-15-14-21(2)36-20-23)28(25)33(42)40(27)26-12-7-6-8-13-26/h5-15,18-20,22H,1H2,2-4H3,(H2,34,38)(H,37,41)/b35-18-. The smallest absolute Gasteiger partial charge is 0.264 e. The summed E-state index contributed by atoms with van der Waals surface area (Å²) in [5.74, 6) is 6.15. The number of nitrogens with zero attached hydrogens (tertiary/aromatic N) is 5. The largest absolute Gasteiger partial charge is 0.381 e. The van der Waals surface area contributed by atoms with Crippen LogP contribution in [0.15, 0.2) is 95.4 Å². The van der Waals surface area contributed by atoms with Crippen LogP contribution in [0.4, 0.5) is 11.6 Å². The number of hydrogen-bond acceptors (Lipinski definition) is 6. The molecule has 42 heavy (non-hydrogen) atoms. The quantitative estimate of drug-likeness (QED) is 0.231. The number of aryl methyl sites for hydroxylation is 2. The highest BCUT2D eigenvalue weighted by molar-refractivity contribution is 6.03. The number of pyridine rings is 2. The molecule has 9 nitrogen and oxygen atoms in total. The maximum Gasteiger partial charge on any atom is 0.264 e. The van der Waals surface area contributed by atoms with E-state index in [1.54, 1.807) is 17.8 Å². The second-order valence-corrected chi connectivity index (χ2v) is 9.67. The van der Waals surface area contributed by atoms with Crippen LogP contribution in [0.1, 0.15) is 45.8 Å². The number of fused-ring (bicyclic) bond motifs is 1. The first-order valence-electron chi connectivity index (χ1n) is 13.3. The molecule has 0 spiro atoms. The highest BCUT2D eigenvalue weighted by Crippen LogP contribution is 2.27. The molecule has 208 valence electrons. The molecule has 0 saturated carbocycles. The summed E-state index contributed by atoms with van der Waals surface area (Å²) in [5.41, 5.74) is 9.45. The van der Waals surface area contributed by atoms with Crippen LogP contribution in [0.3, 0.4) is 0 Å². The van der Waals surface area contributed by atoms with Crippen molar-refractivity contribution in [1.29, 1.82) is 0 Å². The summed E-state index contributed by atoms with van der Waals surface area (Å²) in [6.45, 7) is 7.35. The Hall–Kier alpha value is -5.75. The number of carbonyl (C=O) groups excluding carboxylic acids is 1. The molecule has 0 fully saturated rings. The van der Waals surface area contributed by atoms with E-state index in [4.69, 9.17) is 5.73 Å². The Morgan fingerprint density at radius 3 is 2.62 bits per heavy atom. The van der Waals surface area contributed by atoms with Gasteiger partial charge < -0.3 is 11.1 Å². The number of nitrogen functional groups attached to an aromatic ring is 1. The Labute approximate surface area is 243 Å². The van der Waals surface area contributed by atoms with Crippen molar-refractivity contribution in [2.24, 2.45) is 12.0 Å². The lowest BCUT2D eigenvalue weighted by molar-refractivity contribution is 0.0940. The lowest BCUT2D eigenvalue weighted by atomic mass is 10.0. The molecule has 2 aromatic carbocycles. The normalized spacial score (nSPS) is 11.7. The lowest BCUT2D eigenvalue weighted by Gasteiger charge is -2.21. The third kappa shape index (κ3) is 5.46. The second kappa shape index (κ2) is 11.8. The number of carbonyl (C=O) groups is 1. The molecule has 9 heteroatoms. The van der Waals surface area contributed by atoms with Crippen LogP contribution in [-0.4, -0.2) is 31.5 Å². The Morgan fingerprint density at radius 1 is 1.12 bits per heavy atom. The van der Waals surface area contributed by atoms with E-state index in [1.165, 1.54) is 17.0 Å². The Kier molecular flexibility index (Phi) is 7.80. The van der Waals surface area contributed by atoms with Crippen molar-refractivity contribution in [3.05, 3.63) is 124 Å². The zero-order valence-corrected chi connectivity index (χ0v) is 23.5. The van der Waals surface area contributed by atoms with Crippen molar-refractivity contribution < 1.29 is 4.79 Å². The van der Waals surface area contributed by atoms with E-state index in [9.17, 15) is 9.59 Å². The van der Waals surface area contributed by atoms with Crippen molar-refractivity contribution in [3.63, 3.8) is 0 Å². The molecule has 0 aliphatic heterocycles. The van der Waals surface area contributed by atoms with Crippen molar-refractivity contribution in [3.8, 4) is 17.5 Å². The van der Waals surface area contributed by atoms with Gasteiger partial charge >= 0.3 is 0 Å². The summed E-state index contributed by atoms with van der Waals surface area (Å²) in [7, 11) is 1.65. The molecule has 1 amide bonds. The monoisotopic (exact) mass is 555 g/mol. The number of aromatic nitrogens is 4. The maximum atomic E-state index is 14.2. The Morgan fingerprint density at radius 2 is 1.90 bits per heavy atom. The minimum atomic E-state index is -0.598. The molecule has 5 rings (SSSR count). The molecule has 0 saturated heterocycles. The summed E-state index contributed by atoms with van der Waals surface area (Å²) in [6.07, 6.45) is 4.67. The average Bonchev–Trinajstić information content (AvgIpc) is 3.28. The molecule has 0 radical (unpaired) electrons. The summed E-state index contributed by atoms with van der Waals surface area (Å²) < 4.78 is 3.04. The molecule has 0 aliphatic carbocycles. The Bertz CT molecular complexity index is 1960. The Balaban J connectivity index is 1.63. The van der Waals surface area contributed by atoms with Crippen LogP contribution in [0, 0.1) is 18.8 Å². The van der Waals surface area contributed by atoms with Gasteiger partial charge in [0.05, 0.1) is 11.4 Å². The number of rotatable bonds is 6. The number of para-hydroxylation sites is 1. The molecule has 0 aliphatic rings. The number of amides is 1. The van der Waals surface area contributed by atoms with E-state index in [0.29, 0.717) is 33.5 Å². The molecule has 0 bridgehead atoms. The van der Waals surface area contributed by atoms with Crippen LogP contribution in [0.2, 0.25) is 0 Å². The lowest BCUT2D eigenvalue weighted by Crippen LogP contribution is -2.32. The minimum absolute atomic E-state index is 0.0457. The fraction of sp³-hybridized carbons (Fsp3) is 0.121. The number of anilines is 1. The number of benzene rings is 2. The highest BCUT2D eigenvalue weighted by atomic mass is 16.2. The molecule has 1 unspecified atom stereocenters. The fourth-order valence-electron chi connectivity index (χ4n) is 4.70. The van der Waals surface area contributed by atoms with E-state index >= 15 is 0 Å². The third-order valence-corrected chi connectivity index (χ3v) is 6.71. The van der Waals surface area contributed by atoms with Crippen molar-refractivity contribution in [2.75, 3.05) is 5.73 Å². The van der Waals surface area contributed by atoms with Crippen molar-refractivity contribution >= 4 is 34.5 Å². The van der Waals surface area contributed by atoms with E-state index in [-0.39, 0.29) is 16.9 Å². The van der Waals surface area contributed by atoms with Crippen LogP contribution >= 0.6 is 0 Å². The van der Waals surface area contributed by atoms with Gasteiger partial charge in [-0.1, -0.05) is 54.8 Å². The zero-order valence-electron chi connectivity index (χ0n) is 23.5. The van der Waals surface area contributed by atoms with E-state index in [2.05, 4.69) is 38.8 Å². The van der Waals surface area contributed by atoms with Gasteiger partial charge in [-0.05, 0) is 55.6 Å². The molecular formula is C33H29N7O2. The zero-order chi connectivity index (χ0) is 29.8. The highest BCUT2D eigenvalue weighted by Gasteiger charge is 2.24. The van der Waals surface area contributed by atoms with Gasteiger partial charge in [-0.15, -0.1) is 0 Å². The number of nitrogens with two attached hydrogens (primary N) is 1. The van der Waals surface area contributed by atoms with Crippen LogP contribution in [-0.2, 0) is 7.05 Å². The predicted octanol–water partition coefficient (Wildman–Crippen LogP) is 4.79. The van der Waals surface area contributed by atoms with Gasteiger partial charge in [0.25, 0.3) is 11.5 Å². The molecule has 5 aromatic rings. The summed E-state index contributed by atoms with van der Waals surface area (Å²) >= 11 is 0. The van der Waals surface area contributed by atoms with E-state index in [1.807, 2.05) is 80.6 Å². The van der Waals surface area contributed by atoms with Crippen LogP contribution < -0.4 is 16.6 Å². The number of allylic oxidation sites excluding steroid dienone is 1. The van der Waals surface area contributed by atoms with Gasteiger partial charge in [0.2, 0.25) is 0 Å². The van der Waals surface area contributed by atoms with Crippen molar-refractivity contribution in [2.45, 2.75) is 19.9 Å². The number of hydrogen-bond donors (Lipinski definition) is 2. The maximum absolute atomic E-state index is 14.2.